The molecule has 1 atom stereocenters. The highest BCUT2D eigenvalue weighted by Crippen LogP contribution is 2.28. The number of carbonyl (C=O) groups is 1. The minimum Gasteiger partial charge on any atom is -0.312 e. The van der Waals surface area contributed by atoms with Gasteiger partial charge in [0.1, 0.15) is 0 Å². The molecule has 1 aliphatic heterocycles. The summed E-state index contributed by atoms with van der Waals surface area (Å²) in [6, 6.07) is 4.60. The lowest BCUT2D eigenvalue weighted by Crippen LogP contribution is -2.25. The highest BCUT2D eigenvalue weighted by atomic mass is 32.2. The maximum Gasteiger partial charge on any atom is 0.294 e. The van der Waals surface area contributed by atoms with Crippen molar-refractivity contribution in [3.63, 3.8) is 0 Å². The smallest absolute Gasteiger partial charge is 0.294 e. The number of benzene rings is 1. The third-order valence-electron chi connectivity index (χ3n) is 3.22. The number of hydrogen-bond acceptors (Lipinski definition) is 4. The van der Waals surface area contributed by atoms with E-state index in [9.17, 15) is 13.2 Å². The fourth-order valence-corrected chi connectivity index (χ4v) is 3.18. The average Bonchev–Trinajstić information content (AvgIpc) is 2.70. The van der Waals surface area contributed by atoms with E-state index in [4.69, 9.17) is 4.55 Å². The number of thiol groups is 1. The van der Waals surface area contributed by atoms with Gasteiger partial charge in [-0.15, -0.1) is 0 Å². The van der Waals surface area contributed by atoms with E-state index in [0.717, 1.165) is 0 Å². The number of carbonyl (C=O) groups excluding carboxylic acids is 1. The van der Waals surface area contributed by atoms with Crippen LogP contribution in [0.25, 0.3) is 0 Å². The predicted molar refractivity (Wildman–Crippen MR) is 75.3 cm³/mol. The molecule has 0 aliphatic carbocycles. The van der Waals surface area contributed by atoms with Crippen LogP contribution in [-0.2, 0) is 14.9 Å². The average molecular weight is 301 g/mol. The van der Waals surface area contributed by atoms with Crippen molar-refractivity contribution in [1.29, 1.82) is 0 Å². The molecule has 2 rings (SSSR count). The lowest BCUT2D eigenvalue weighted by Gasteiger charge is -2.17. The van der Waals surface area contributed by atoms with Gasteiger partial charge in [0, 0.05) is 18.7 Å². The van der Waals surface area contributed by atoms with E-state index < -0.39 is 10.1 Å². The Balaban J connectivity index is 2.40. The van der Waals surface area contributed by atoms with Gasteiger partial charge < -0.3 is 4.90 Å². The van der Waals surface area contributed by atoms with E-state index in [1.165, 1.54) is 11.0 Å². The molecule has 1 amide bonds. The zero-order valence-electron chi connectivity index (χ0n) is 10.4. The topological polar surface area (TPSA) is 74.7 Å². The van der Waals surface area contributed by atoms with Gasteiger partial charge in [-0.25, -0.2) is 0 Å². The molecule has 7 heteroatoms. The summed E-state index contributed by atoms with van der Waals surface area (Å²) >= 11 is 4.18. The maximum atomic E-state index is 11.9. The van der Waals surface area contributed by atoms with Gasteiger partial charge in [-0.05, 0) is 36.3 Å². The van der Waals surface area contributed by atoms with Gasteiger partial charge in [0.15, 0.2) is 0 Å². The molecular weight excluding hydrogens is 286 g/mol. The minimum atomic E-state index is -4.28. The second kappa shape index (κ2) is 5.15. The Labute approximate surface area is 117 Å². The van der Waals surface area contributed by atoms with E-state index in [0.29, 0.717) is 30.0 Å². The van der Waals surface area contributed by atoms with Crippen LogP contribution in [-0.4, -0.2) is 31.2 Å². The molecule has 1 aromatic rings. The van der Waals surface area contributed by atoms with Crippen LogP contribution in [0.4, 0.5) is 5.69 Å². The number of anilines is 1. The first kappa shape index (κ1) is 14.4. The Morgan fingerprint density at radius 3 is 2.68 bits per heavy atom. The highest BCUT2D eigenvalue weighted by molar-refractivity contribution is 7.85. The zero-order chi connectivity index (χ0) is 14.2. The fourth-order valence-electron chi connectivity index (χ4n) is 2.19. The van der Waals surface area contributed by atoms with Crippen LogP contribution in [0, 0.1) is 12.8 Å². The summed E-state index contributed by atoms with van der Waals surface area (Å²) in [5.41, 5.74) is 0.941. The van der Waals surface area contributed by atoms with Crippen LogP contribution in [0.5, 0.6) is 0 Å². The highest BCUT2D eigenvalue weighted by Gasteiger charge is 2.30. The van der Waals surface area contributed by atoms with Gasteiger partial charge in [0.2, 0.25) is 5.91 Å². The molecule has 104 valence electrons. The third kappa shape index (κ3) is 2.93. The Kier molecular flexibility index (Phi) is 3.89. The van der Waals surface area contributed by atoms with E-state index in [1.54, 1.807) is 19.1 Å². The molecule has 1 N–H and O–H groups in total. The molecule has 0 aromatic heterocycles. The van der Waals surface area contributed by atoms with Crippen molar-refractivity contribution in [2.45, 2.75) is 18.2 Å². The molecule has 1 aromatic carbocycles. The van der Waals surface area contributed by atoms with Gasteiger partial charge in [-0.1, -0.05) is 6.07 Å². The maximum absolute atomic E-state index is 11.9. The van der Waals surface area contributed by atoms with E-state index in [1.807, 2.05) is 0 Å². The first-order chi connectivity index (χ1) is 8.82. The van der Waals surface area contributed by atoms with Crippen molar-refractivity contribution in [3.8, 4) is 0 Å². The minimum absolute atomic E-state index is 0.0517. The Morgan fingerprint density at radius 2 is 2.16 bits per heavy atom. The largest absolute Gasteiger partial charge is 0.312 e. The van der Waals surface area contributed by atoms with Crippen molar-refractivity contribution >= 4 is 34.3 Å². The molecule has 0 bridgehead atoms. The molecule has 1 aliphatic rings. The number of rotatable bonds is 3. The Morgan fingerprint density at radius 1 is 1.47 bits per heavy atom. The van der Waals surface area contributed by atoms with Crippen molar-refractivity contribution in [1.82, 2.24) is 0 Å². The van der Waals surface area contributed by atoms with Crippen LogP contribution >= 0.6 is 12.6 Å². The number of amides is 1. The molecule has 0 spiro atoms. The summed E-state index contributed by atoms with van der Waals surface area (Å²) < 4.78 is 31.7. The third-order valence-corrected chi connectivity index (χ3v) is 4.74. The molecule has 1 unspecified atom stereocenters. The molecule has 1 saturated heterocycles. The number of hydrogen-bond donors (Lipinski definition) is 2. The van der Waals surface area contributed by atoms with Gasteiger partial charge in [0.25, 0.3) is 10.1 Å². The molecule has 19 heavy (non-hydrogen) atoms. The summed E-state index contributed by atoms with van der Waals surface area (Å²) in [6.07, 6.45) is 0.415. The Hall–Kier alpha value is -1.05. The lowest BCUT2D eigenvalue weighted by atomic mass is 10.1. The van der Waals surface area contributed by atoms with E-state index in [-0.39, 0.29) is 16.7 Å². The van der Waals surface area contributed by atoms with Crippen LogP contribution in [0.2, 0.25) is 0 Å². The van der Waals surface area contributed by atoms with Gasteiger partial charge in [-0.3, -0.25) is 9.35 Å². The van der Waals surface area contributed by atoms with Gasteiger partial charge >= 0.3 is 0 Å². The van der Waals surface area contributed by atoms with E-state index in [2.05, 4.69) is 12.6 Å². The van der Waals surface area contributed by atoms with Crippen molar-refractivity contribution in [3.05, 3.63) is 23.8 Å². The van der Waals surface area contributed by atoms with Crippen molar-refractivity contribution < 1.29 is 17.8 Å². The van der Waals surface area contributed by atoms with Crippen LogP contribution in [0.3, 0.4) is 0 Å². The Bertz CT molecular complexity index is 612. The summed E-state index contributed by atoms with van der Waals surface area (Å²) in [7, 11) is -4.28. The summed E-state index contributed by atoms with van der Waals surface area (Å²) in [6.45, 7) is 2.12. The molecule has 1 heterocycles. The fraction of sp³-hybridized carbons (Fsp3) is 0.417. The monoisotopic (exact) mass is 301 g/mol. The first-order valence-electron chi connectivity index (χ1n) is 5.82. The van der Waals surface area contributed by atoms with E-state index >= 15 is 0 Å². The van der Waals surface area contributed by atoms with Crippen LogP contribution < -0.4 is 4.90 Å². The molecular formula is C12H15NO4S2. The summed E-state index contributed by atoms with van der Waals surface area (Å²) in [5, 5.41) is 0. The SMILES string of the molecule is Cc1ccc(N2CC(CS)CC2=O)cc1S(=O)(=O)O. The van der Waals surface area contributed by atoms with Gasteiger partial charge in [0.05, 0.1) is 4.90 Å². The molecule has 1 fully saturated rings. The normalized spacial score (nSPS) is 20.1. The lowest BCUT2D eigenvalue weighted by molar-refractivity contribution is -0.117. The van der Waals surface area contributed by atoms with Crippen LogP contribution in [0.1, 0.15) is 12.0 Å². The summed E-state index contributed by atoms with van der Waals surface area (Å²) in [5.74, 6) is 0.731. The first-order valence-corrected chi connectivity index (χ1v) is 7.89. The standard InChI is InChI=1S/C12H15NO4S2/c1-8-2-3-10(5-11(8)19(15,16)17)13-6-9(7-18)4-12(13)14/h2-3,5,9,18H,4,6-7H2,1H3,(H,15,16,17). The second-order valence-corrected chi connectivity index (χ2v) is 6.44. The second-order valence-electron chi connectivity index (χ2n) is 4.68. The molecule has 0 saturated carbocycles. The predicted octanol–water partition coefficient (Wildman–Crippen LogP) is 1.52. The summed E-state index contributed by atoms with van der Waals surface area (Å²) in [4.78, 5) is 13.2. The van der Waals surface area contributed by atoms with Gasteiger partial charge in [-0.2, -0.15) is 21.0 Å². The molecule has 5 nitrogen and oxygen atoms in total. The van der Waals surface area contributed by atoms with Crippen molar-refractivity contribution in [2.75, 3.05) is 17.2 Å². The zero-order valence-corrected chi connectivity index (χ0v) is 12.1. The quantitative estimate of drug-likeness (QED) is 0.656. The number of aryl methyl sites for hydroxylation is 1. The van der Waals surface area contributed by atoms with Crippen molar-refractivity contribution in [2.24, 2.45) is 5.92 Å². The molecule has 0 radical (unpaired) electrons. The number of nitrogens with zero attached hydrogens (tertiary/aromatic N) is 1. The van der Waals surface area contributed by atoms with Crippen LogP contribution in [0.15, 0.2) is 23.1 Å².